The maximum absolute atomic E-state index is 13.7. The zero-order valence-electron chi connectivity index (χ0n) is 28.1. The van der Waals surface area contributed by atoms with Crippen LogP contribution in [0.4, 0.5) is 10.9 Å². The molecule has 0 atom stereocenters. The van der Waals surface area contributed by atoms with E-state index in [0.717, 1.165) is 45.6 Å². The smallest absolute Gasteiger partial charge is 0.358 e. The maximum atomic E-state index is 13.7. The van der Waals surface area contributed by atoms with E-state index in [0.29, 0.717) is 41.1 Å². The molecule has 7 rings (SSSR count). The molecule has 2 aliphatic rings. The predicted octanol–water partition coefficient (Wildman–Crippen LogP) is 8.21. The van der Waals surface area contributed by atoms with Gasteiger partial charge >= 0.3 is 5.97 Å². The summed E-state index contributed by atoms with van der Waals surface area (Å²) < 4.78 is 8.98. The SMILES string of the molecule is Cc1c(-c2ccc(N3CCc4cccc(C(=O)Nc5nc6ccccc6s5)c4C3)nc2C(=O)OC(C)(C)C)cnn1CC1CCCCC1. The van der Waals surface area contributed by atoms with E-state index in [4.69, 9.17) is 14.8 Å². The summed E-state index contributed by atoms with van der Waals surface area (Å²) in [4.78, 5) is 39.0. The molecule has 10 heteroatoms. The van der Waals surface area contributed by atoms with Gasteiger partial charge in [-0.1, -0.05) is 54.9 Å². The van der Waals surface area contributed by atoms with Crippen LogP contribution in [0.1, 0.15) is 90.5 Å². The van der Waals surface area contributed by atoms with Gasteiger partial charge in [-0.2, -0.15) is 5.10 Å². The number of hydrogen-bond donors (Lipinski definition) is 1. The summed E-state index contributed by atoms with van der Waals surface area (Å²) in [5.74, 6) is 0.642. The molecule has 0 unspecified atom stereocenters. The van der Waals surface area contributed by atoms with E-state index in [9.17, 15) is 9.59 Å². The van der Waals surface area contributed by atoms with Crippen LogP contribution in [0.25, 0.3) is 21.3 Å². The number of fused-ring (bicyclic) bond motifs is 2. The first kappa shape index (κ1) is 32.0. The van der Waals surface area contributed by atoms with Gasteiger partial charge in [0.05, 0.1) is 16.4 Å². The second-order valence-corrected chi connectivity index (χ2v) is 15.0. The molecule has 1 saturated carbocycles. The lowest BCUT2D eigenvalue weighted by Gasteiger charge is -2.31. The van der Waals surface area contributed by atoms with E-state index >= 15 is 0 Å². The fraction of sp³-hybridized carbons (Fsp3) is 0.395. The van der Waals surface area contributed by atoms with Gasteiger partial charge in [0.2, 0.25) is 0 Å². The van der Waals surface area contributed by atoms with Crippen LogP contribution in [0, 0.1) is 12.8 Å². The Hall–Kier alpha value is -4.57. The number of pyridine rings is 1. The van der Waals surface area contributed by atoms with Gasteiger partial charge in [0.25, 0.3) is 5.91 Å². The molecular weight excluding hydrogens is 621 g/mol. The first-order valence-electron chi connectivity index (χ1n) is 16.9. The molecule has 5 aromatic rings. The molecule has 1 aliphatic heterocycles. The van der Waals surface area contributed by atoms with E-state index in [1.807, 2.05) is 75.5 Å². The number of thiazole rings is 1. The van der Waals surface area contributed by atoms with Crippen LogP contribution in [0.3, 0.4) is 0 Å². The molecular formula is C38H42N6O3S. The Balaban J connectivity index is 1.18. The topological polar surface area (TPSA) is 102 Å². The molecule has 1 fully saturated rings. The van der Waals surface area contributed by atoms with Crippen molar-refractivity contribution in [2.75, 3.05) is 16.8 Å². The lowest BCUT2D eigenvalue weighted by molar-refractivity contribution is 0.00638. The Kier molecular flexibility index (Phi) is 8.76. The van der Waals surface area contributed by atoms with Crippen molar-refractivity contribution in [2.24, 2.45) is 5.92 Å². The van der Waals surface area contributed by atoms with Crippen molar-refractivity contribution >= 4 is 44.4 Å². The molecule has 9 nitrogen and oxygen atoms in total. The number of benzene rings is 2. The highest BCUT2D eigenvalue weighted by atomic mass is 32.1. The molecule has 248 valence electrons. The van der Waals surface area contributed by atoms with Gasteiger partial charge in [-0.05, 0) is 94.3 Å². The van der Waals surface area contributed by atoms with Crippen LogP contribution in [-0.2, 0) is 24.2 Å². The number of amides is 1. The number of hydrogen-bond acceptors (Lipinski definition) is 8. The summed E-state index contributed by atoms with van der Waals surface area (Å²) in [6, 6.07) is 17.7. The highest BCUT2D eigenvalue weighted by Crippen LogP contribution is 2.34. The molecule has 0 saturated heterocycles. The van der Waals surface area contributed by atoms with E-state index in [2.05, 4.69) is 32.9 Å². The normalized spacial score (nSPS) is 15.4. The summed E-state index contributed by atoms with van der Waals surface area (Å²) in [7, 11) is 0. The van der Waals surface area contributed by atoms with Gasteiger partial charge in [-0.15, -0.1) is 0 Å². The van der Waals surface area contributed by atoms with E-state index in [-0.39, 0.29) is 11.6 Å². The highest BCUT2D eigenvalue weighted by Gasteiger charge is 2.28. The number of aromatic nitrogens is 4. The van der Waals surface area contributed by atoms with Gasteiger partial charge in [0, 0.05) is 42.0 Å². The summed E-state index contributed by atoms with van der Waals surface area (Å²) in [6.45, 7) is 9.74. The van der Waals surface area contributed by atoms with Gasteiger partial charge < -0.3 is 9.64 Å². The Bertz CT molecular complexity index is 1950. The molecule has 4 heterocycles. The second-order valence-electron chi connectivity index (χ2n) is 14.0. The highest BCUT2D eigenvalue weighted by molar-refractivity contribution is 7.22. The average Bonchev–Trinajstić information content (AvgIpc) is 3.65. The largest absolute Gasteiger partial charge is 0.455 e. The van der Waals surface area contributed by atoms with Crippen molar-refractivity contribution in [3.05, 3.63) is 88.9 Å². The number of carbonyl (C=O) groups excluding carboxylic acids is 2. The van der Waals surface area contributed by atoms with E-state index in [1.54, 1.807) is 0 Å². The zero-order valence-corrected chi connectivity index (χ0v) is 28.9. The summed E-state index contributed by atoms with van der Waals surface area (Å²) in [5, 5.41) is 8.35. The van der Waals surface area contributed by atoms with Crippen LogP contribution < -0.4 is 10.2 Å². The number of esters is 1. The van der Waals surface area contributed by atoms with Crippen LogP contribution in [0.2, 0.25) is 0 Å². The summed E-state index contributed by atoms with van der Waals surface area (Å²) in [6.07, 6.45) is 8.95. The molecule has 2 aromatic carbocycles. The van der Waals surface area contributed by atoms with Gasteiger partial charge in [-0.3, -0.25) is 14.8 Å². The second kappa shape index (κ2) is 13.1. The lowest BCUT2D eigenvalue weighted by Crippen LogP contribution is -2.33. The molecule has 1 aliphatic carbocycles. The van der Waals surface area contributed by atoms with Gasteiger partial charge in [-0.25, -0.2) is 14.8 Å². The minimum atomic E-state index is -0.679. The predicted molar refractivity (Wildman–Crippen MR) is 191 cm³/mol. The molecule has 0 bridgehead atoms. The third kappa shape index (κ3) is 6.71. The van der Waals surface area contributed by atoms with E-state index in [1.165, 1.54) is 43.4 Å². The van der Waals surface area contributed by atoms with Crippen LogP contribution in [0.15, 0.2) is 60.8 Å². The van der Waals surface area contributed by atoms with Crippen LogP contribution in [0.5, 0.6) is 0 Å². The fourth-order valence-electron chi connectivity index (χ4n) is 6.91. The maximum Gasteiger partial charge on any atom is 0.358 e. The van der Waals surface area contributed by atoms with Crippen molar-refractivity contribution in [2.45, 2.75) is 84.9 Å². The third-order valence-corrected chi connectivity index (χ3v) is 10.3. The number of nitrogens with one attached hydrogen (secondary N) is 1. The quantitative estimate of drug-likeness (QED) is 0.175. The number of nitrogens with zero attached hydrogens (tertiary/aromatic N) is 5. The minimum Gasteiger partial charge on any atom is -0.455 e. The minimum absolute atomic E-state index is 0.189. The molecule has 0 spiro atoms. The van der Waals surface area contributed by atoms with Crippen molar-refractivity contribution in [3.8, 4) is 11.1 Å². The fourth-order valence-corrected chi connectivity index (χ4v) is 7.77. The lowest BCUT2D eigenvalue weighted by atomic mass is 9.89. The summed E-state index contributed by atoms with van der Waals surface area (Å²) >= 11 is 1.46. The number of ether oxygens (including phenoxy) is 1. The van der Waals surface area contributed by atoms with Crippen molar-refractivity contribution in [1.29, 1.82) is 0 Å². The molecule has 0 radical (unpaired) electrons. The Labute approximate surface area is 285 Å². The van der Waals surface area contributed by atoms with Gasteiger partial charge in [0.1, 0.15) is 11.4 Å². The zero-order chi connectivity index (χ0) is 33.4. The van der Waals surface area contributed by atoms with Gasteiger partial charge in [0.15, 0.2) is 10.8 Å². The number of anilines is 2. The Morgan fingerprint density at radius 3 is 2.58 bits per heavy atom. The Morgan fingerprint density at radius 2 is 1.79 bits per heavy atom. The first-order valence-corrected chi connectivity index (χ1v) is 17.7. The van der Waals surface area contributed by atoms with Crippen molar-refractivity contribution < 1.29 is 14.3 Å². The Morgan fingerprint density at radius 1 is 0.979 bits per heavy atom. The average molecular weight is 663 g/mol. The number of rotatable bonds is 7. The third-order valence-electron chi connectivity index (χ3n) is 9.38. The number of para-hydroxylation sites is 1. The number of carbonyl (C=O) groups is 2. The molecule has 1 N–H and O–H groups in total. The monoisotopic (exact) mass is 662 g/mol. The van der Waals surface area contributed by atoms with Crippen LogP contribution >= 0.6 is 11.3 Å². The van der Waals surface area contributed by atoms with E-state index < -0.39 is 11.6 Å². The summed E-state index contributed by atoms with van der Waals surface area (Å²) in [5.41, 5.74) is 5.79. The molecule has 48 heavy (non-hydrogen) atoms. The molecule has 1 amide bonds. The van der Waals surface area contributed by atoms with Crippen LogP contribution in [-0.4, -0.2) is 43.8 Å². The van der Waals surface area contributed by atoms with Crippen molar-refractivity contribution in [1.82, 2.24) is 19.7 Å². The standard InChI is InChI=1S/C38H42N6O3S/c1-24-29(21-39-44(24)22-25-11-6-5-7-12-25)27-17-18-33(41-34(27)36(46)47-38(2,3)4)43-20-19-26-13-10-14-28(30(26)23-43)35(45)42-37-40-31-15-8-9-16-32(31)48-37/h8-10,13-18,21,25H,5-7,11-12,19-20,22-23H2,1-4H3,(H,40,42,45). The first-order chi connectivity index (χ1) is 23.1. The van der Waals surface area contributed by atoms with Crippen molar-refractivity contribution in [3.63, 3.8) is 0 Å². The molecule has 3 aromatic heterocycles.